The lowest BCUT2D eigenvalue weighted by molar-refractivity contribution is 0.208. The van der Waals surface area contributed by atoms with Gasteiger partial charge in [0, 0.05) is 26.8 Å². The van der Waals surface area contributed by atoms with Gasteiger partial charge in [-0.3, -0.25) is 18.5 Å². The third-order valence-electron chi connectivity index (χ3n) is 3.76. The van der Waals surface area contributed by atoms with Gasteiger partial charge in [-0.25, -0.2) is 9.78 Å². The average Bonchev–Trinajstić information content (AvgIpc) is 2.99. The van der Waals surface area contributed by atoms with Gasteiger partial charge in [0.05, 0.1) is 19.5 Å². The second kappa shape index (κ2) is 7.46. The maximum absolute atomic E-state index is 12.3. The van der Waals surface area contributed by atoms with Crippen molar-refractivity contribution in [2.45, 2.75) is 26.8 Å². The molecule has 0 saturated carbocycles. The number of rotatable bonds is 8. The summed E-state index contributed by atoms with van der Waals surface area (Å²) in [4.78, 5) is 28.3. The van der Waals surface area contributed by atoms with Crippen LogP contribution in [-0.4, -0.2) is 38.1 Å². The Morgan fingerprint density at radius 3 is 2.50 bits per heavy atom. The zero-order valence-corrected chi connectivity index (χ0v) is 15.3. The van der Waals surface area contributed by atoms with Crippen molar-refractivity contribution in [1.82, 2.24) is 18.7 Å². The lowest BCUT2D eigenvalue weighted by Gasteiger charge is -2.16. The van der Waals surface area contributed by atoms with E-state index in [0.29, 0.717) is 36.9 Å². The summed E-state index contributed by atoms with van der Waals surface area (Å²) in [6.45, 7) is 4.56. The van der Waals surface area contributed by atoms with Gasteiger partial charge in [0.2, 0.25) is 0 Å². The first kappa shape index (κ1) is 18.6. The number of hydrogen-bond acceptors (Lipinski definition) is 6. The highest BCUT2D eigenvalue weighted by molar-refractivity contribution is 7.53. The summed E-state index contributed by atoms with van der Waals surface area (Å²) in [5.74, 6) is 0. The fraction of sp³-hybridized carbons (Fsp3) is 0.643. The Labute approximate surface area is 139 Å². The van der Waals surface area contributed by atoms with Crippen LogP contribution in [0.4, 0.5) is 0 Å². The number of nitrogens with zero attached hydrogens (tertiary/aromatic N) is 4. The second-order valence-corrected chi connectivity index (χ2v) is 7.72. The van der Waals surface area contributed by atoms with Crippen molar-refractivity contribution < 1.29 is 13.6 Å². The van der Waals surface area contributed by atoms with Crippen molar-refractivity contribution in [1.29, 1.82) is 0 Å². The van der Waals surface area contributed by atoms with Crippen LogP contribution >= 0.6 is 7.60 Å². The van der Waals surface area contributed by atoms with Gasteiger partial charge in [0.15, 0.2) is 11.2 Å². The highest BCUT2D eigenvalue weighted by atomic mass is 31.2. The van der Waals surface area contributed by atoms with E-state index in [1.165, 1.54) is 17.9 Å². The molecule has 0 amide bonds. The van der Waals surface area contributed by atoms with Crippen molar-refractivity contribution in [3.63, 3.8) is 0 Å². The maximum Gasteiger partial charge on any atom is 0.332 e. The molecule has 0 aliphatic carbocycles. The molecule has 134 valence electrons. The number of hydrogen-bond donors (Lipinski definition) is 0. The Hall–Kier alpha value is -1.70. The van der Waals surface area contributed by atoms with Crippen LogP contribution in [0.25, 0.3) is 11.2 Å². The summed E-state index contributed by atoms with van der Waals surface area (Å²) < 4.78 is 26.8. The van der Waals surface area contributed by atoms with E-state index < -0.39 is 13.3 Å². The lowest BCUT2D eigenvalue weighted by atomic mass is 10.4. The molecule has 1 unspecified atom stereocenters. The Morgan fingerprint density at radius 1 is 1.17 bits per heavy atom. The van der Waals surface area contributed by atoms with Crippen LogP contribution in [0.15, 0.2) is 15.9 Å². The van der Waals surface area contributed by atoms with Gasteiger partial charge in [-0.05, 0) is 13.3 Å². The van der Waals surface area contributed by atoms with E-state index >= 15 is 0 Å². The minimum atomic E-state index is -3.02. The summed E-state index contributed by atoms with van der Waals surface area (Å²) in [5.41, 5.74) is -0.0950. The Morgan fingerprint density at radius 2 is 1.88 bits per heavy atom. The molecule has 2 aromatic rings. The fourth-order valence-electron chi connectivity index (χ4n) is 2.42. The third kappa shape index (κ3) is 3.53. The molecule has 10 heteroatoms. The van der Waals surface area contributed by atoms with Crippen LogP contribution in [-0.2, 0) is 34.3 Å². The van der Waals surface area contributed by atoms with Gasteiger partial charge in [-0.2, -0.15) is 0 Å². The Kier molecular flexibility index (Phi) is 5.79. The largest absolute Gasteiger partial charge is 0.332 e. The molecule has 0 aromatic carbocycles. The smallest absolute Gasteiger partial charge is 0.325 e. The lowest BCUT2D eigenvalue weighted by Crippen LogP contribution is -2.37. The standard InChI is InChI=1S/C14H23N4O5P/c1-5-22-24(21,6-2)23-9-7-8-18-10-15-12-11(18)13(19)17(4)14(20)16(12)3/h10H,5-9H2,1-4H3. The molecule has 24 heavy (non-hydrogen) atoms. The van der Waals surface area contributed by atoms with Crippen LogP contribution < -0.4 is 11.2 Å². The first-order valence-corrected chi connectivity index (χ1v) is 9.56. The van der Waals surface area contributed by atoms with Crippen molar-refractivity contribution >= 4 is 18.8 Å². The minimum Gasteiger partial charge on any atom is -0.325 e. The molecule has 2 heterocycles. The molecule has 0 saturated heterocycles. The molecular weight excluding hydrogens is 335 g/mol. The van der Waals surface area contributed by atoms with Gasteiger partial charge in [-0.15, -0.1) is 0 Å². The van der Waals surface area contributed by atoms with Crippen LogP contribution in [0.3, 0.4) is 0 Å². The van der Waals surface area contributed by atoms with Gasteiger partial charge in [0.1, 0.15) is 0 Å². The van der Waals surface area contributed by atoms with Gasteiger partial charge in [0.25, 0.3) is 5.56 Å². The number of aromatic nitrogens is 4. The van der Waals surface area contributed by atoms with Crippen molar-refractivity contribution in [3.05, 3.63) is 27.2 Å². The molecule has 2 rings (SSSR count). The zero-order chi connectivity index (χ0) is 17.9. The molecule has 0 aliphatic heterocycles. The van der Waals surface area contributed by atoms with Crippen LogP contribution in [0.5, 0.6) is 0 Å². The quantitative estimate of drug-likeness (QED) is 0.518. The number of fused-ring (bicyclic) bond motifs is 1. The molecular formula is C14H23N4O5P. The summed E-state index contributed by atoms with van der Waals surface area (Å²) in [6.07, 6.45) is 2.37. The Balaban J connectivity index is 2.14. The van der Waals surface area contributed by atoms with Gasteiger partial charge < -0.3 is 13.6 Å². The zero-order valence-electron chi connectivity index (χ0n) is 14.4. The first-order chi connectivity index (χ1) is 11.3. The monoisotopic (exact) mass is 358 g/mol. The van der Waals surface area contributed by atoms with E-state index in [2.05, 4.69) is 4.98 Å². The van der Waals surface area contributed by atoms with E-state index in [0.717, 1.165) is 4.57 Å². The van der Waals surface area contributed by atoms with E-state index in [4.69, 9.17) is 9.05 Å². The van der Waals surface area contributed by atoms with Crippen LogP contribution in [0.1, 0.15) is 20.3 Å². The summed E-state index contributed by atoms with van der Waals surface area (Å²) >= 11 is 0. The normalized spacial score (nSPS) is 14.2. The minimum absolute atomic E-state index is 0.247. The molecule has 0 aliphatic rings. The van der Waals surface area contributed by atoms with E-state index in [9.17, 15) is 14.2 Å². The summed E-state index contributed by atoms with van der Waals surface area (Å²) in [6, 6.07) is 0. The molecule has 9 nitrogen and oxygen atoms in total. The second-order valence-electron chi connectivity index (χ2n) is 5.35. The summed E-state index contributed by atoms with van der Waals surface area (Å²) in [7, 11) is -0.0145. The predicted octanol–water partition coefficient (Wildman–Crippen LogP) is 1.09. The molecule has 0 fully saturated rings. The SMILES string of the molecule is CCOP(=O)(CC)OCCCn1cnc2c1c(=O)n(C)c(=O)n2C. The average molecular weight is 358 g/mol. The molecule has 2 aromatic heterocycles. The highest BCUT2D eigenvalue weighted by Crippen LogP contribution is 2.47. The first-order valence-electron chi connectivity index (χ1n) is 7.83. The highest BCUT2D eigenvalue weighted by Gasteiger charge is 2.20. The van der Waals surface area contributed by atoms with E-state index in [1.54, 1.807) is 25.5 Å². The fourth-order valence-corrected chi connectivity index (χ4v) is 3.66. The predicted molar refractivity (Wildman–Crippen MR) is 90.6 cm³/mol. The maximum atomic E-state index is 12.3. The van der Waals surface area contributed by atoms with E-state index in [-0.39, 0.29) is 12.2 Å². The molecule has 0 N–H and O–H groups in total. The third-order valence-corrected chi connectivity index (χ3v) is 5.76. The van der Waals surface area contributed by atoms with E-state index in [1.807, 2.05) is 0 Å². The molecule has 0 bridgehead atoms. The van der Waals surface area contributed by atoms with Crippen molar-refractivity contribution in [2.75, 3.05) is 19.4 Å². The van der Waals surface area contributed by atoms with Crippen LogP contribution in [0, 0.1) is 0 Å². The topological polar surface area (TPSA) is 97.3 Å². The summed E-state index contributed by atoms with van der Waals surface area (Å²) in [5, 5.41) is 0. The van der Waals surface area contributed by atoms with Crippen molar-refractivity contribution in [3.8, 4) is 0 Å². The molecule has 1 atom stereocenters. The van der Waals surface area contributed by atoms with Gasteiger partial charge in [-0.1, -0.05) is 6.92 Å². The molecule has 0 radical (unpaired) electrons. The number of aryl methyl sites for hydroxylation is 2. The van der Waals surface area contributed by atoms with Crippen LogP contribution in [0.2, 0.25) is 0 Å². The van der Waals surface area contributed by atoms with Crippen molar-refractivity contribution in [2.24, 2.45) is 14.1 Å². The number of imidazole rings is 1. The van der Waals surface area contributed by atoms with Gasteiger partial charge >= 0.3 is 13.3 Å². The molecule has 0 spiro atoms. The Bertz CT molecular complexity index is 882.